The van der Waals surface area contributed by atoms with Crippen molar-refractivity contribution in [3.8, 4) is 5.75 Å². The first kappa shape index (κ1) is 25.1. The van der Waals surface area contributed by atoms with Crippen molar-refractivity contribution in [2.45, 2.75) is 25.5 Å². The molecule has 0 bridgehead atoms. The first-order valence-corrected chi connectivity index (χ1v) is 11.8. The third-order valence-corrected chi connectivity index (χ3v) is 6.20. The minimum absolute atomic E-state index is 0.174. The SMILES string of the molecule is COC(=O)c1c(OCCc2ccccn2)cc(=O)n2c1CCN(C(=O)C(OC)c1ccccc1)CC2. The number of fused-ring (bicyclic) bond motifs is 1. The molecule has 3 heterocycles. The van der Waals surface area contributed by atoms with Gasteiger partial charge in [0.1, 0.15) is 11.3 Å². The van der Waals surface area contributed by atoms with Gasteiger partial charge < -0.3 is 23.7 Å². The Morgan fingerprint density at radius 1 is 1.03 bits per heavy atom. The van der Waals surface area contributed by atoms with Crippen LogP contribution in [0.15, 0.2) is 65.6 Å². The first-order valence-electron chi connectivity index (χ1n) is 11.8. The molecular formula is C27H29N3O6. The number of benzene rings is 1. The molecule has 188 valence electrons. The van der Waals surface area contributed by atoms with Gasteiger partial charge in [0.05, 0.1) is 13.7 Å². The molecule has 1 atom stereocenters. The van der Waals surface area contributed by atoms with Gasteiger partial charge in [-0.3, -0.25) is 14.6 Å². The van der Waals surface area contributed by atoms with Crippen molar-refractivity contribution in [3.05, 3.63) is 93.7 Å². The second kappa shape index (κ2) is 11.6. The third-order valence-electron chi connectivity index (χ3n) is 6.20. The van der Waals surface area contributed by atoms with Crippen LogP contribution in [0.25, 0.3) is 0 Å². The number of aromatic nitrogens is 2. The fraction of sp³-hybridized carbons (Fsp3) is 0.333. The maximum Gasteiger partial charge on any atom is 0.343 e. The van der Waals surface area contributed by atoms with Crippen LogP contribution in [0, 0.1) is 0 Å². The van der Waals surface area contributed by atoms with Crippen molar-refractivity contribution in [2.75, 3.05) is 33.9 Å². The molecule has 9 heteroatoms. The zero-order valence-electron chi connectivity index (χ0n) is 20.4. The van der Waals surface area contributed by atoms with E-state index in [4.69, 9.17) is 14.2 Å². The standard InChI is InChI=1S/C27H29N3O6/c1-34-25(19-8-4-3-5-9-19)26(32)29-14-11-21-24(27(33)35-2)22(18-23(31)30(21)16-15-29)36-17-12-20-10-6-7-13-28-20/h3-10,13,18,25H,11-12,14-17H2,1-2H3. The van der Waals surface area contributed by atoms with Crippen molar-refractivity contribution < 1.29 is 23.8 Å². The van der Waals surface area contributed by atoms with E-state index in [1.807, 2.05) is 48.5 Å². The van der Waals surface area contributed by atoms with Gasteiger partial charge in [-0.05, 0) is 17.7 Å². The topological polar surface area (TPSA) is 100.0 Å². The van der Waals surface area contributed by atoms with Gasteiger partial charge in [0.15, 0.2) is 6.10 Å². The Bertz CT molecular complexity index is 1260. The minimum atomic E-state index is -0.755. The van der Waals surface area contributed by atoms with Gasteiger partial charge in [-0.25, -0.2) is 4.79 Å². The number of nitrogens with zero attached hydrogens (tertiary/aromatic N) is 3. The molecule has 4 rings (SSSR count). The van der Waals surface area contributed by atoms with Crippen molar-refractivity contribution in [1.82, 2.24) is 14.5 Å². The maximum atomic E-state index is 13.3. The fourth-order valence-electron chi connectivity index (χ4n) is 4.39. The largest absolute Gasteiger partial charge is 0.492 e. The predicted molar refractivity (Wildman–Crippen MR) is 132 cm³/mol. The number of carbonyl (C=O) groups is 2. The smallest absolute Gasteiger partial charge is 0.343 e. The Kier molecular flexibility index (Phi) is 8.12. The van der Waals surface area contributed by atoms with Gasteiger partial charge >= 0.3 is 5.97 Å². The van der Waals surface area contributed by atoms with E-state index in [0.29, 0.717) is 25.2 Å². The molecule has 0 aliphatic carbocycles. The molecular weight excluding hydrogens is 462 g/mol. The number of ether oxygens (including phenoxy) is 3. The van der Waals surface area contributed by atoms with Crippen LogP contribution in [0.1, 0.15) is 33.4 Å². The first-order chi connectivity index (χ1) is 17.5. The summed E-state index contributed by atoms with van der Waals surface area (Å²) >= 11 is 0. The van der Waals surface area contributed by atoms with Crippen LogP contribution in [0.4, 0.5) is 0 Å². The van der Waals surface area contributed by atoms with Crippen molar-refractivity contribution in [1.29, 1.82) is 0 Å². The van der Waals surface area contributed by atoms with E-state index < -0.39 is 12.1 Å². The minimum Gasteiger partial charge on any atom is -0.492 e. The average Bonchev–Trinajstić information content (AvgIpc) is 3.14. The number of rotatable bonds is 8. The molecule has 1 amide bonds. The number of carbonyl (C=O) groups excluding carboxylic acids is 2. The number of pyridine rings is 2. The summed E-state index contributed by atoms with van der Waals surface area (Å²) in [4.78, 5) is 45.1. The number of hydrogen-bond donors (Lipinski definition) is 0. The van der Waals surface area contributed by atoms with Gasteiger partial charge in [0.25, 0.3) is 11.5 Å². The molecule has 0 N–H and O–H groups in total. The summed E-state index contributed by atoms with van der Waals surface area (Å²) in [5.41, 5.74) is 1.99. The quantitative estimate of drug-likeness (QED) is 0.446. The van der Waals surface area contributed by atoms with Crippen LogP contribution >= 0.6 is 0 Å². The van der Waals surface area contributed by atoms with Crippen LogP contribution in [0.3, 0.4) is 0 Å². The van der Waals surface area contributed by atoms with E-state index >= 15 is 0 Å². The molecule has 1 aliphatic rings. The molecule has 3 aromatic rings. The Balaban J connectivity index is 1.57. The van der Waals surface area contributed by atoms with Gasteiger partial charge in [-0.2, -0.15) is 0 Å². The second-order valence-corrected chi connectivity index (χ2v) is 8.33. The van der Waals surface area contributed by atoms with E-state index in [1.54, 1.807) is 11.1 Å². The molecule has 1 unspecified atom stereocenters. The molecule has 0 saturated heterocycles. The van der Waals surface area contributed by atoms with E-state index in [0.717, 1.165) is 11.3 Å². The lowest BCUT2D eigenvalue weighted by Crippen LogP contribution is -2.38. The van der Waals surface area contributed by atoms with E-state index in [2.05, 4.69) is 4.98 Å². The Morgan fingerprint density at radius 2 is 1.81 bits per heavy atom. The summed E-state index contributed by atoms with van der Waals surface area (Å²) in [6.07, 6.45) is 1.74. The predicted octanol–water partition coefficient (Wildman–Crippen LogP) is 2.42. The van der Waals surface area contributed by atoms with E-state index in [-0.39, 0.29) is 42.4 Å². The van der Waals surface area contributed by atoms with Gasteiger partial charge in [-0.1, -0.05) is 36.4 Å². The van der Waals surface area contributed by atoms with Crippen LogP contribution < -0.4 is 10.3 Å². The molecule has 2 aromatic heterocycles. The Morgan fingerprint density at radius 3 is 2.50 bits per heavy atom. The molecule has 0 radical (unpaired) electrons. The highest BCUT2D eigenvalue weighted by atomic mass is 16.5. The molecule has 0 saturated carbocycles. The lowest BCUT2D eigenvalue weighted by Gasteiger charge is -2.25. The van der Waals surface area contributed by atoms with Crippen molar-refractivity contribution >= 4 is 11.9 Å². The van der Waals surface area contributed by atoms with Crippen LogP contribution in [-0.4, -0.2) is 60.2 Å². The normalized spacial score (nSPS) is 13.9. The number of esters is 1. The summed E-state index contributed by atoms with van der Waals surface area (Å²) in [5.74, 6) is -0.616. The molecule has 9 nitrogen and oxygen atoms in total. The highest BCUT2D eigenvalue weighted by Crippen LogP contribution is 2.26. The Labute approximate surface area is 209 Å². The molecule has 36 heavy (non-hydrogen) atoms. The van der Waals surface area contributed by atoms with Crippen molar-refractivity contribution in [3.63, 3.8) is 0 Å². The zero-order valence-corrected chi connectivity index (χ0v) is 20.4. The maximum absolute atomic E-state index is 13.3. The summed E-state index contributed by atoms with van der Waals surface area (Å²) in [6, 6.07) is 16.2. The lowest BCUT2D eigenvalue weighted by molar-refractivity contribution is -0.142. The molecule has 1 aromatic carbocycles. The molecule has 1 aliphatic heterocycles. The number of methoxy groups -OCH3 is 2. The highest BCUT2D eigenvalue weighted by molar-refractivity contribution is 5.93. The summed E-state index contributed by atoms with van der Waals surface area (Å²) in [7, 11) is 2.79. The number of amides is 1. The molecule has 0 fully saturated rings. The zero-order chi connectivity index (χ0) is 25.5. The Hall–Kier alpha value is -3.98. The summed E-state index contributed by atoms with van der Waals surface area (Å²) < 4.78 is 18.0. The fourth-order valence-corrected chi connectivity index (χ4v) is 4.39. The van der Waals surface area contributed by atoms with Gasteiger partial charge in [-0.15, -0.1) is 0 Å². The van der Waals surface area contributed by atoms with Crippen LogP contribution in [-0.2, 0) is 33.7 Å². The third kappa shape index (κ3) is 5.46. The van der Waals surface area contributed by atoms with Crippen LogP contribution in [0.5, 0.6) is 5.75 Å². The lowest BCUT2D eigenvalue weighted by atomic mass is 10.1. The average molecular weight is 492 g/mol. The molecule has 0 spiro atoms. The van der Waals surface area contributed by atoms with Crippen LogP contribution in [0.2, 0.25) is 0 Å². The van der Waals surface area contributed by atoms with E-state index in [9.17, 15) is 14.4 Å². The second-order valence-electron chi connectivity index (χ2n) is 8.33. The monoisotopic (exact) mass is 491 g/mol. The van der Waals surface area contributed by atoms with Gasteiger partial charge in [0.2, 0.25) is 0 Å². The summed E-state index contributed by atoms with van der Waals surface area (Å²) in [5, 5.41) is 0. The van der Waals surface area contributed by atoms with Crippen molar-refractivity contribution in [2.24, 2.45) is 0 Å². The summed E-state index contributed by atoms with van der Waals surface area (Å²) in [6.45, 7) is 1.09. The number of hydrogen-bond acceptors (Lipinski definition) is 7. The van der Waals surface area contributed by atoms with Gasteiger partial charge in [0, 0.05) is 63.2 Å². The highest BCUT2D eigenvalue weighted by Gasteiger charge is 2.30. The van der Waals surface area contributed by atoms with E-state index in [1.165, 1.54) is 24.9 Å².